The van der Waals surface area contributed by atoms with Crippen molar-refractivity contribution in [2.75, 3.05) is 7.11 Å². The van der Waals surface area contributed by atoms with Crippen molar-refractivity contribution in [3.63, 3.8) is 0 Å². The maximum Gasteiger partial charge on any atom is 0.254 e. The molecule has 136 valence electrons. The van der Waals surface area contributed by atoms with Crippen LogP contribution in [0.4, 0.5) is 4.39 Å². The molecule has 4 rings (SSSR count). The van der Waals surface area contributed by atoms with Crippen LogP contribution in [0.3, 0.4) is 0 Å². The molecule has 2 heterocycles. The molecular formula is C19H20FN3O3. The second-order valence-corrected chi connectivity index (χ2v) is 6.56. The maximum absolute atomic E-state index is 13.6. The van der Waals surface area contributed by atoms with Crippen molar-refractivity contribution in [3.8, 4) is 5.88 Å². The Morgan fingerprint density at radius 1 is 1.46 bits per heavy atom. The van der Waals surface area contributed by atoms with Crippen molar-refractivity contribution in [3.05, 3.63) is 47.1 Å². The fourth-order valence-corrected chi connectivity index (χ4v) is 3.59. The number of benzene rings is 1. The topological polar surface area (TPSA) is 80.1 Å². The summed E-state index contributed by atoms with van der Waals surface area (Å²) in [7, 11) is 1.52. The number of rotatable bonds is 5. The van der Waals surface area contributed by atoms with Gasteiger partial charge in [0.05, 0.1) is 13.2 Å². The fraction of sp³-hybridized carbons (Fsp3) is 0.368. The Morgan fingerprint density at radius 2 is 2.35 bits per heavy atom. The largest absolute Gasteiger partial charge is 0.479 e. The minimum Gasteiger partial charge on any atom is -0.479 e. The summed E-state index contributed by atoms with van der Waals surface area (Å²) < 4.78 is 23.6. The van der Waals surface area contributed by atoms with Crippen LogP contribution in [-0.4, -0.2) is 23.2 Å². The van der Waals surface area contributed by atoms with E-state index in [1.165, 1.54) is 13.2 Å². The van der Waals surface area contributed by atoms with Gasteiger partial charge in [0.1, 0.15) is 11.6 Å². The Kier molecular flexibility index (Phi) is 4.36. The molecule has 3 aromatic rings. The van der Waals surface area contributed by atoms with Gasteiger partial charge in [-0.15, -0.1) is 0 Å². The molecule has 0 unspecified atom stereocenters. The van der Waals surface area contributed by atoms with Gasteiger partial charge in [-0.2, -0.15) is 0 Å². The first kappa shape index (κ1) is 16.6. The normalized spacial score (nSPS) is 16.5. The number of aryl methyl sites for hydroxylation is 2. The number of nitrogens with one attached hydrogen (secondary N) is 2. The smallest absolute Gasteiger partial charge is 0.254 e. The summed E-state index contributed by atoms with van der Waals surface area (Å²) in [5, 5.41) is 7.72. The highest BCUT2D eigenvalue weighted by atomic mass is 19.1. The zero-order valence-corrected chi connectivity index (χ0v) is 14.5. The number of amides is 1. The minimum absolute atomic E-state index is 0.0527. The number of hydrogen-bond donors (Lipinski definition) is 2. The first-order valence-electron chi connectivity index (χ1n) is 8.73. The number of halogens is 1. The van der Waals surface area contributed by atoms with Gasteiger partial charge in [-0.05, 0) is 48.2 Å². The monoisotopic (exact) mass is 357 g/mol. The molecule has 0 saturated carbocycles. The summed E-state index contributed by atoms with van der Waals surface area (Å²) in [6.07, 6.45) is 3.48. The SMILES string of the molecule is COc1cc(CCC(=O)N[C@@H]2CCCc3c2[nH]c2ccc(F)cc32)on1. The number of ether oxygens (including phenoxy) is 1. The van der Waals surface area contributed by atoms with Crippen LogP contribution in [0, 0.1) is 5.82 Å². The molecule has 0 saturated heterocycles. The van der Waals surface area contributed by atoms with E-state index in [0.717, 1.165) is 41.4 Å². The van der Waals surface area contributed by atoms with Crippen LogP contribution in [-0.2, 0) is 17.6 Å². The molecule has 0 aliphatic heterocycles. The van der Waals surface area contributed by atoms with Crippen LogP contribution in [0.5, 0.6) is 5.88 Å². The maximum atomic E-state index is 13.6. The Bertz CT molecular complexity index is 947. The van der Waals surface area contributed by atoms with Gasteiger partial charge in [-0.3, -0.25) is 4.79 Å². The van der Waals surface area contributed by atoms with Crippen molar-refractivity contribution in [2.45, 2.75) is 38.1 Å². The molecule has 2 N–H and O–H groups in total. The Balaban J connectivity index is 1.46. The van der Waals surface area contributed by atoms with E-state index < -0.39 is 0 Å². The predicted octanol–water partition coefficient (Wildman–Crippen LogP) is 3.43. The third-order valence-electron chi connectivity index (χ3n) is 4.85. The molecule has 0 bridgehead atoms. The van der Waals surface area contributed by atoms with E-state index in [2.05, 4.69) is 15.5 Å². The summed E-state index contributed by atoms with van der Waals surface area (Å²) in [6.45, 7) is 0. The molecule has 1 aliphatic carbocycles. The summed E-state index contributed by atoms with van der Waals surface area (Å²) >= 11 is 0. The third-order valence-corrected chi connectivity index (χ3v) is 4.85. The van der Waals surface area contributed by atoms with E-state index in [9.17, 15) is 9.18 Å². The fourth-order valence-electron chi connectivity index (χ4n) is 3.59. The van der Waals surface area contributed by atoms with Gasteiger partial charge < -0.3 is 19.6 Å². The Labute approximate surface area is 149 Å². The molecule has 2 aromatic heterocycles. The Morgan fingerprint density at radius 3 is 3.15 bits per heavy atom. The number of aromatic amines is 1. The van der Waals surface area contributed by atoms with Crippen LogP contribution in [0.15, 0.2) is 28.8 Å². The van der Waals surface area contributed by atoms with Crippen molar-refractivity contribution < 1.29 is 18.4 Å². The van der Waals surface area contributed by atoms with E-state index in [4.69, 9.17) is 9.26 Å². The lowest BCUT2D eigenvalue weighted by Crippen LogP contribution is -2.31. The van der Waals surface area contributed by atoms with Crippen LogP contribution in [0.25, 0.3) is 10.9 Å². The number of H-pyrrole nitrogens is 1. The van der Waals surface area contributed by atoms with Gasteiger partial charge in [0.2, 0.25) is 5.91 Å². The standard InChI is InChI=1S/C19H20FN3O3/c1-25-18-10-12(26-23-18)6-8-17(24)21-16-4-2-3-13-14-9-11(20)5-7-15(14)22-19(13)16/h5,7,9-10,16,22H,2-4,6,8H2,1H3,(H,21,24)/t16-/m1/s1. The predicted molar refractivity (Wildman–Crippen MR) is 93.5 cm³/mol. The lowest BCUT2D eigenvalue weighted by atomic mass is 9.91. The first-order chi connectivity index (χ1) is 12.6. The molecule has 1 aromatic carbocycles. The molecular weight excluding hydrogens is 337 g/mol. The quantitative estimate of drug-likeness (QED) is 0.733. The molecule has 6 nitrogen and oxygen atoms in total. The molecule has 1 atom stereocenters. The van der Waals surface area contributed by atoms with E-state index in [-0.39, 0.29) is 17.8 Å². The van der Waals surface area contributed by atoms with Crippen molar-refractivity contribution >= 4 is 16.8 Å². The van der Waals surface area contributed by atoms with Crippen LogP contribution in [0.1, 0.15) is 42.3 Å². The molecule has 0 radical (unpaired) electrons. The number of hydrogen-bond acceptors (Lipinski definition) is 4. The molecule has 0 fully saturated rings. The summed E-state index contributed by atoms with van der Waals surface area (Å²) in [5.41, 5.74) is 3.01. The Hall–Kier alpha value is -2.83. The third kappa shape index (κ3) is 3.16. The van der Waals surface area contributed by atoms with Crippen molar-refractivity contribution in [2.24, 2.45) is 0 Å². The lowest BCUT2D eigenvalue weighted by Gasteiger charge is -2.23. The van der Waals surface area contributed by atoms with Gasteiger partial charge in [0.25, 0.3) is 5.88 Å². The summed E-state index contributed by atoms with van der Waals surface area (Å²) in [4.78, 5) is 15.7. The number of nitrogens with zero attached hydrogens (tertiary/aromatic N) is 1. The number of carbonyl (C=O) groups excluding carboxylic acids is 1. The number of methoxy groups -OCH3 is 1. The highest BCUT2D eigenvalue weighted by molar-refractivity contribution is 5.85. The van der Waals surface area contributed by atoms with Crippen LogP contribution in [0.2, 0.25) is 0 Å². The molecule has 26 heavy (non-hydrogen) atoms. The number of fused-ring (bicyclic) bond motifs is 3. The molecule has 0 spiro atoms. The highest BCUT2D eigenvalue weighted by Gasteiger charge is 2.25. The second-order valence-electron chi connectivity index (χ2n) is 6.56. The van der Waals surface area contributed by atoms with Gasteiger partial charge in [0, 0.05) is 35.5 Å². The van der Waals surface area contributed by atoms with E-state index >= 15 is 0 Å². The first-order valence-corrected chi connectivity index (χ1v) is 8.73. The van der Waals surface area contributed by atoms with Crippen LogP contribution < -0.4 is 10.1 Å². The van der Waals surface area contributed by atoms with Crippen molar-refractivity contribution in [1.82, 2.24) is 15.5 Å². The lowest BCUT2D eigenvalue weighted by molar-refractivity contribution is -0.122. The average Bonchev–Trinajstić information content (AvgIpc) is 3.25. The van der Waals surface area contributed by atoms with Gasteiger partial charge in [-0.1, -0.05) is 0 Å². The van der Waals surface area contributed by atoms with Gasteiger partial charge >= 0.3 is 0 Å². The minimum atomic E-state index is -0.243. The molecule has 7 heteroatoms. The van der Waals surface area contributed by atoms with Gasteiger partial charge in [-0.25, -0.2) is 4.39 Å². The molecule has 1 amide bonds. The van der Waals surface area contributed by atoms with Gasteiger partial charge in [0.15, 0.2) is 0 Å². The zero-order chi connectivity index (χ0) is 18.1. The summed E-state index contributed by atoms with van der Waals surface area (Å²) in [5.74, 6) is 0.723. The number of aromatic nitrogens is 2. The average molecular weight is 357 g/mol. The summed E-state index contributed by atoms with van der Waals surface area (Å²) in [6, 6.07) is 6.36. The zero-order valence-electron chi connectivity index (χ0n) is 14.5. The van der Waals surface area contributed by atoms with E-state index in [1.54, 1.807) is 18.2 Å². The van der Waals surface area contributed by atoms with E-state index in [0.29, 0.717) is 24.5 Å². The highest BCUT2D eigenvalue weighted by Crippen LogP contribution is 2.35. The van der Waals surface area contributed by atoms with Crippen molar-refractivity contribution in [1.29, 1.82) is 0 Å². The van der Waals surface area contributed by atoms with Crippen LogP contribution >= 0.6 is 0 Å². The van der Waals surface area contributed by atoms with E-state index in [1.807, 2.05) is 0 Å². The second kappa shape index (κ2) is 6.82. The molecule has 1 aliphatic rings. The number of carbonyl (C=O) groups is 1.